The number of benzene rings is 1. The smallest absolute Gasteiger partial charge is 0.354 e. The molecule has 0 atom stereocenters. The molecule has 0 radical (unpaired) electrons. The molecule has 0 bridgehead atoms. The number of hydrogen-bond acceptors (Lipinski definition) is 5. The SMILES string of the molecule is O=C(O)c1cc(-c2cccc([N+](=O)[O-])c2)cc(-c2ccccn2)n1. The van der Waals surface area contributed by atoms with E-state index in [0.29, 0.717) is 22.5 Å². The van der Waals surface area contributed by atoms with Gasteiger partial charge in [0.25, 0.3) is 5.69 Å². The van der Waals surface area contributed by atoms with Crippen molar-refractivity contribution in [3.63, 3.8) is 0 Å². The first-order chi connectivity index (χ1) is 11.5. The third kappa shape index (κ3) is 3.09. The van der Waals surface area contributed by atoms with E-state index in [2.05, 4.69) is 9.97 Å². The van der Waals surface area contributed by atoms with Gasteiger partial charge in [-0.15, -0.1) is 0 Å². The fraction of sp³-hybridized carbons (Fsp3) is 0. The van der Waals surface area contributed by atoms with Crippen molar-refractivity contribution in [2.75, 3.05) is 0 Å². The minimum atomic E-state index is -1.18. The van der Waals surface area contributed by atoms with E-state index in [-0.39, 0.29) is 11.4 Å². The summed E-state index contributed by atoms with van der Waals surface area (Å²) in [7, 11) is 0. The monoisotopic (exact) mass is 321 g/mol. The van der Waals surface area contributed by atoms with Crippen LogP contribution < -0.4 is 0 Å². The Morgan fingerprint density at radius 3 is 2.50 bits per heavy atom. The molecule has 0 amide bonds. The predicted molar refractivity (Wildman–Crippen MR) is 86.5 cm³/mol. The van der Waals surface area contributed by atoms with Crippen molar-refractivity contribution in [1.29, 1.82) is 0 Å². The molecule has 0 unspecified atom stereocenters. The van der Waals surface area contributed by atoms with E-state index >= 15 is 0 Å². The van der Waals surface area contributed by atoms with Crippen molar-refractivity contribution in [1.82, 2.24) is 9.97 Å². The number of nitro benzene ring substituents is 1. The summed E-state index contributed by atoms with van der Waals surface area (Å²) in [5.41, 5.74) is 1.74. The van der Waals surface area contributed by atoms with E-state index in [1.807, 2.05) is 0 Å². The largest absolute Gasteiger partial charge is 0.477 e. The van der Waals surface area contributed by atoms with Crippen molar-refractivity contribution in [2.45, 2.75) is 0 Å². The number of hydrogen-bond donors (Lipinski definition) is 1. The van der Waals surface area contributed by atoms with Crippen LogP contribution in [0.5, 0.6) is 0 Å². The molecule has 0 aliphatic carbocycles. The van der Waals surface area contributed by atoms with Gasteiger partial charge in [-0.1, -0.05) is 18.2 Å². The van der Waals surface area contributed by atoms with Crippen molar-refractivity contribution in [3.05, 3.63) is 76.6 Å². The number of aromatic nitrogens is 2. The van der Waals surface area contributed by atoms with Crippen molar-refractivity contribution >= 4 is 11.7 Å². The number of pyridine rings is 2. The van der Waals surface area contributed by atoms with E-state index in [4.69, 9.17) is 0 Å². The van der Waals surface area contributed by atoms with E-state index in [9.17, 15) is 20.0 Å². The summed E-state index contributed by atoms with van der Waals surface area (Å²) < 4.78 is 0. The third-order valence-electron chi connectivity index (χ3n) is 3.36. The molecule has 118 valence electrons. The van der Waals surface area contributed by atoms with Gasteiger partial charge in [0, 0.05) is 18.3 Å². The zero-order valence-electron chi connectivity index (χ0n) is 12.3. The lowest BCUT2D eigenvalue weighted by Crippen LogP contribution is -2.02. The summed E-state index contributed by atoms with van der Waals surface area (Å²) in [6, 6.07) is 14.3. The Kier molecular flexibility index (Phi) is 3.98. The van der Waals surface area contributed by atoms with Gasteiger partial charge in [-0.25, -0.2) is 9.78 Å². The first kappa shape index (κ1) is 15.3. The number of nitrogens with zero attached hydrogens (tertiary/aromatic N) is 3. The van der Waals surface area contributed by atoms with Crippen molar-refractivity contribution in [2.24, 2.45) is 0 Å². The van der Waals surface area contributed by atoms with Crippen LogP contribution in [-0.2, 0) is 0 Å². The summed E-state index contributed by atoms with van der Waals surface area (Å²) in [6.45, 7) is 0. The van der Waals surface area contributed by atoms with Gasteiger partial charge in [0.1, 0.15) is 5.69 Å². The van der Waals surface area contributed by atoms with Crippen LogP contribution in [0, 0.1) is 10.1 Å². The minimum Gasteiger partial charge on any atom is -0.477 e. The highest BCUT2D eigenvalue weighted by atomic mass is 16.6. The Morgan fingerprint density at radius 2 is 1.83 bits per heavy atom. The Labute approximate surface area is 136 Å². The number of carbonyl (C=O) groups is 1. The Bertz CT molecular complexity index is 926. The van der Waals surface area contributed by atoms with E-state index in [1.165, 1.54) is 18.2 Å². The summed E-state index contributed by atoms with van der Waals surface area (Å²) in [5.74, 6) is -1.18. The second kappa shape index (κ2) is 6.25. The molecule has 2 aromatic heterocycles. The molecule has 0 fully saturated rings. The summed E-state index contributed by atoms with van der Waals surface area (Å²) >= 11 is 0. The fourth-order valence-electron chi connectivity index (χ4n) is 2.25. The van der Waals surface area contributed by atoms with Gasteiger partial charge < -0.3 is 5.11 Å². The topological polar surface area (TPSA) is 106 Å². The standard InChI is InChI=1S/C17H11N3O4/c21-17(22)16-10-12(11-4-3-5-13(8-11)20(23)24)9-15(19-16)14-6-1-2-7-18-14/h1-10H,(H,21,22). The van der Waals surface area contributed by atoms with Crippen LogP contribution >= 0.6 is 0 Å². The number of non-ortho nitro benzene ring substituents is 1. The number of aromatic carboxylic acids is 1. The zero-order chi connectivity index (χ0) is 17.1. The van der Waals surface area contributed by atoms with Gasteiger partial charge >= 0.3 is 5.97 Å². The Morgan fingerprint density at radius 1 is 1.00 bits per heavy atom. The third-order valence-corrected chi connectivity index (χ3v) is 3.36. The molecule has 3 rings (SSSR count). The highest BCUT2D eigenvalue weighted by Gasteiger charge is 2.14. The summed E-state index contributed by atoms with van der Waals surface area (Å²) in [4.78, 5) is 30.0. The molecule has 0 saturated heterocycles. The van der Waals surface area contributed by atoms with Crippen LogP contribution in [0.3, 0.4) is 0 Å². The maximum atomic E-state index is 11.4. The molecule has 24 heavy (non-hydrogen) atoms. The second-order valence-corrected chi connectivity index (χ2v) is 4.95. The predicted octanol–water partition coefficient (Wildman–Crippen LogP) is 3.42. The van der Waals surface area contributed by atoms with Crippen molar-refractivity contribution < 1.29 is 14.8 Å². The van der Waals surface area contributed by atoms with Gasteiger partial charge in [-0.05, 0) is 35.4 Å². The highest BCUT2D eigenvalue weighted by Crippen LogP contribution is 2.27. The normalized spacial score (nSPS) is 10.3. The van der Waals surface area contributed by atoms with Gasteiger partial charge in [-0.3, -0.25) is 15.1 Å². The van der Waals surface area contributed by atoms with Gasteiger partial charge in [0.15, 0.2) is 0 Å². The van der Waals surface area contributed by atoms with Crippen LogP contribution in [0.4, 0.5) is 5.69 Å². The maximum Gasteiger partial charge on any atom is 0.354 e. The second-order valence-electron chi connectivity index (χ2n) is 4.95. The lowest BCUT2D eigenvalue weighted by molar-refractivity contribution is -0.384. The van der Waals surface area contributed by atoms with Crippen LogP contribution in [0.25, 0.3) is 22.5 Å². The number of nitro groups is 1. The minimum absolute atomic E-state index is 0.0689. The van der Waals surface area contributed by atoms with Crippen molar-refractivity contribution in [3.8, 4) is 22.5 Å². The number of carboxylic acid groups (broad SMARTS) is 1. The molecular weight excluding hydrogens is 310 g/mol. The molecule has 0 aliphatic heterocycles. The first-order valence-electron chi connectivity index (χ1n) is 6.96. The zero-order valence-corrected chi connectivity index (χ0v) is 12.3. The average molecular weight is 321 g/mol. The molecule has 7 nitrogen and oxygen atoms in total. The molecule has 7 heteroatoms. The Hall–Kier alpha value is -3.61. The maximum absolute atomic E-state index is 11.4. The average Bonchev–Trinajstić information content (AvgIpc) is 2.62. The van der Waals surface area contributed by atoms with Gasteiger partial charge in [-0.2, -0.15) is 0 Å². The first-order valence-corrected chi connectivity index (χ1v) is 6.96. The number of rotatable bonds is 4. The molecule has 3 aromatic rings. The molecule has 2 heterocycles. The number of carboxylic acids is 1. The van der Waals surface area contributed by atoms with Gasteiger partial charge in [0.2, 0.25) is 0 Å². The lowest BCUT2D eigenvalue weighted by Gasteiger charge is -2.07. The highest BCUT2D eigenvalue weighted by molar-refractivity contribution is 5.88. The van der Waals surface area contributed by atoms with E-state index < -0.39 is 10.9 Å². The quantitative estimate of drug-likeness (QED) is 0.583. The van der Waals surface area contributed by atoms with Crippen LogP contribution in [-0.4, -0.2) is 26.0 Å². The fourth-order valence-corrected chi connectivity index (χ4v) is 2.25. The summed E-state index contributed by atoms with van der Waals surface area (Å²) in [6.07, 6.45) is 1.58. The molecule has 1 aromatic carbocycles. The molecule has 0 saturated carbocycles. The van der Waals surface area contributed by atoms with E-state index in [0.717, 1.165) is 0 Å². The van der Waals surface area contributed by atoms with E-state index in [1.54, 1.807) is 42.6 Å². The Balaban J connectivity index is 2.17. The molecule has 1 N–H and O–H groups in total. The molecule has 0 spiro atoms. The summed E-state index contributed by atoms with van der Waals surface area (Å²) in [5, 5.41) is 20.2. The molecular formula is C17H11N3O4. The van der Waals surface area contributed by atoms with Crippen LogP contribution in [0.15, 0.2) is 60.8 Å². The van der Waals surface area contributed by atoms with Gasteiger partial charge in [0.05, 0.1) is 16.3 Å². The molecule has 0 aliphatic rings. The van der Waals surface area contributed by atoms with Crippen LogP contribution in [0.2, 0.25) is 0 Å². The lowest BCUT2D eigenvalue weighted by atomic mass is 10.0. The van der Waals surface area contributed by atoms with Crippen LogP contribution in [0.1, 0.15) is 10.5 Å².